The van der Waals surface area contributed by atoms with Crippen LogP contribution in [0.3, 0.4) is 0 Å². The molecule has 0 unspecified atom stereocenters. The van der Waals surface area contributed by atoms with Gasteiger partial charge in [0.25, 0.3) is 5.56 Å². The van der Waals surface area contributed by atoms with Gasteiger partial charge in [0.15, 0.2) is 0 Å². The normalized spacial score (nSPS) is 12.1. The largest absolute Gasteiger partial charge is 0.495 e. The lowest BCUT2D eigenvalue weighted by atomic mass is 10.0. The van der Waals surface area contributed by atoms with Crippen molar-refractivity contribution in [2.45, 2.75) is 12.5 Å². The highest BCUT2D eigenvalue weighted by atomic mass is 35.5. The van der Waals surface area contributed by atoms with Crippen LogP contribution < -0.4 is 20.9 Å². The maximum Gasteiger partial charge on any atom is 0.252 e. The number of benzene rings is 3. The van der Waals surface area contributed by atoms with Crippen molar-refractivity contribution in [2.75, 3.05) is 25.8 Å². The zero-order chi connectivity index (χ0) is 29.9. The number of methoxy groups -OCH3 is 1. The third kappa shape index (κ3) is 6.35. The molecule has 0 aliphatic carbocycles. The van der Waals surface area contributed by atoms with Crippen LogP contribution in [-0.2, 0) is 15.8 Å². The minimum atomic E-state index is -2.45. The smallest absolute Gasteiger partial charge is 0.252 e. The SMILES string of the molecule is COc1cn([C@@H](Cc2ccccc2)C(=O)Nc2ccc(P(C)(C)=O)cc2)c(=O)cc1-c1cc(Cl)ccc1-n1cnnn1. The summed E-state index contributed by atoms with van der Waals surface area (Å²) in [7, 11) is -0.957. The Balaban J connectivity index is 1.57. The number of hydrogen-bond acceptors (Lipinski definition) is 7. The molecule has 1 amide bonds. The first-order chi connectivity index (χ1) is 20.1. The standard InChI is InChI=1S/C30H28ClN6O4P/c1-41-28-18-36(29(38)17-25(28)24-16-21(31)9-14-26(24)37-19-32-34-35-37)27(15-20-7-5-4-6-8-20)30(39)33-22-10-12-23(13-11-22)42(2,3)40/h4-14,16-19,27H,15H2,1-3H3,(H,33,39)/t27-/m0/s1. The third-order valence-electron chi connectivity index (χ3n) is 6.78. The molecule has 0 aliphatic rings. The Kier molecular flexibility index (Phi) is 8.38. The summed E-state index contributed by atoms with van der Waals surface area (Å²) in [6.07, 6.45) is 3.22. The van der Waals surface area contributed by atoms with Crippen LogP contribution in [-0.4, -0.2) is 51.1 Å². The van der Waals surface area contributed by atoms with Crippen LogP contribution in [0.15, 0.2) is 96.2 Å². The van der Waals surface area contributed by atoms with Gasteiger partial charge in [-0.15, -0.1) is 5.10 Å². The number of amides is 1. The molecule has 0 bridgehead atoms. The monoisotopic (exact) mass is 602 g/mol. The molecular weight excluding hydrogens is 575 g/mol. The highest BCUT2D eigenvalue weighted by Crippen LogP contribution is 2.36. The van der Waals surface area contributed by atoms with Gasteiger partial charge in [-0.3, -0.25) is 14.2 Å². The minimum absolute atomic E-state index is 0.249. The first-order valence-corrected chi connectivity index (χ1v) is 16.0. The van der Waals surface area contributed by atoms with E-state index in [9.17, 15) is 14.2 Å². The second kappa shape index (κ2) is 12.1. The second-order valence-corrected chi connectivity index (χ2v) is 13.7. The van der Waals surface area contributed by atoms with Crippen molar-refractivity contribution < 1.29 is 14.1 Å². The van der Waals surface area contributed by atoms with Crippen LogP contribution >= 0.6 is 18.7 Å². The molecule has 0 fully saturated rings. The molecule has 0 aliphatic heterocycles. The summed E-state index contributed by atoms with van der Waals surface area (Å²) in [6.45, 7) is 3.38. The molecule has 0 saturated heterocycles. The van der Waals surface area contributed by atoms with Gasteiger partial charge in [0.1, 0.15) is 25.3 Å². The molecule has 2 heterocycles. The number of carbonyl (C=O) groups excluding carboxylic acids is 1. The number of pyridine rings is 1. The fraction of sp³-hybridized carbons (Fsp3) is 0.167. The Hall–Kier alpha value is -4.53. The molecule has 0 saturated carbocycles. The van der Waals surface area contributed by atoms with E-state index in [0.29, 0.717) is 38.6 Å². The van der Waals surface area contributed by atoms with Crippen molar-refractivity contribution in [3.63, 3.8) is 0 Å². The van der Waals surface area contributed by atoms with E-state index < -0.39 is 24.7 Å². The van der Waals surface area contributed by atoms with E-state index in [1.54, 1.807) is 55.8 Å². The molecule has 5 rings (SSSR count). The van der Waals surface area contributed by atoms with Crippen LogP contribution in [0.4, 0.5) is 5.69 Å². The Labute approximate surface area is 247 Å². The molecule has 0 radical (unpaired) electrons. The zero-order valence-corrected chi connectivity index (χ0v) is 24.8. The Morgan fingerprint density at radius 1 is 1.02 bits per heavy atom. The zero-order valence-electron chi connectivity index (χ0n) is 23.1. The molecule has 1 atom stereocenters. The lowest BCUT2D eigenvalue weighted by molar-refractivity contribution is -0.119. The van der Waals surface area contributed by atoms with Gasteiger partial charge in [-0.05, 0) is 71.8 Å². The van der Waals surface area contributed by atoms with Gasteiger partial charge in [-0.25, -0.2) is 0 Å². The molecule has 42 heavy (non-hydrogen) atoms. The topological polar surface area (TPSA) is 121 Å². The molecule has 0 spiro atoms. The highest BCUT2D eigenvalue weighted by molar-refractivity contribution is 7.70. The van der Waals surface area contributed by atoms with Gasteiger partial charge in [-0.2, -0.15) is 4.68 Å². The van der Waals surface area contributed by atoms with Crippen molar-refractivity contribution in [3.05, 3.63) is 112 Å². The number of hydrogen-bond donors (Lipinski definition) is 1. The van der Waals surface area contributed by atoms with E-state index >= 15 is 0 Å². The molecule has 10 nitrogen and oxygen atoms in total. The van der Waals surface area contributed by atoms with Crippen molar-refractivity contribution in [2.24, 2.45) is 0 Å². The van der Waals surface area contributed by atoms with E-state index in [0.717, 1.165) is 5.56 Å². The van der Waals surface area contributed by atoms with E-state index in [1.807, 2.05) is 30.3 Å². The lowest BCUT2D eigenvalue weighted by Gasteiger charge is -2.22. The number of anilines is 1. The Morgan fingerprint density at radius 2 is 1.76 bits per heavy atom. The number of rotatable bonds is 9. The number of nitrogens with zero attached hydrogens (tertiary/aromatic N) is 5. The number of carbonyl (C=O) groups is 1. The van der Waals surface area contributed by atoms with E-state index in [4.69, 9.17) is 16.3 Å². The fourth-order valence-electron chi connectivity index (χ4n) is 4.62. The van der Waals surface area contributed by atoms with Crippen LogP contribution in [0.2, 0.25) is 5.02 Å². The van der Waals surface area contributed by atoms with Crippen LogP contribution in [0.25, 0.3) is 16.8 Å². The van der Waals surface area contributed by atoms with Gasteiger partial charge >= 0.3 is 0 Å². The predicted molar refractivity (Wildman–Crippen MR) is 164 cm³/mol. The number of aromatic nitrogens is 5. The fourth-order valence-corrected chi connectivity index (χ4v) is 5.66. The predicted octanol–water partition coefficient (Wildman–Crippen LogP) is 4.82. The van der Waals surface area contributed by atoms with Crippen molar-refractivity contribution in [1.82, 2.24) is 24.8 Å². The average molecular weight is 603 g/mol. The van der Waals surface area contributed by atoms with E-state index in [-0.39, 0.29) is 6.42 Å². The summed E-state index contributed by atoms with van der Waals surface area (Å²) >= 11 is 6.34. The Bertz CT molecular complexity index is 1820. The number of nitrogens with one attached hydrogen (secondary N) is 1. The molecular formula is C30H28ClN6O4P. The average Bonchev–Trinajstić information content (AvgIpc) is 3.51. The quantitative estimate of drug-likeness (QED) is 0.240. The first kappa shape index (κ1) is 29.0. The molecule has 3 aromatic carbocycles. The maximum absolute atomic E-state index is 13.8. The number of halogens is 1. The van der Waals surface area contributed by atoms with Crippen LogP contribution in [0.5, 0.6) is 5.75 Å². The molecule has 12 heteroatoms. The summed E-state index contributed by atoms with van der Waals surface area (Å²) in [5.41, 5.74) is 2.60. The van der Waals surface area contributed by atoms with Gasteiger partial charge in [-0.1, -0.05) is 41.9 Å². The first-order valence-electron chi connectivity index (χ1n) is 13.0. The van der Waals surface area contributed by atoms with Crippen molar-refractivity contribution in [1.29, 1.82) is 0 Å². The Morgan fingerprint density at radius 3 is 2.40 bits per heavy atom. The van der Waals surface area contributed by atoms with E-state index in [2.05, 4.69) is 20.8 Å². The maximum atomic E-state index is 13.8. The lowest BCUT2D eigenvalue weighted by Crippen LogP contribution is -2.34. The molecule has 5 aromatic rings. The summed E-state index contributed by atoms with van der Waals surface area (Å²) in [4.78, 5) is 27.5. The number of tetrazole rings is 1. The van der Waals surface area contributed by atoms with Crippen LogP contribution in [0.1, 0.15) is 11.6 Å². The molecule has 1 N–H and O–H groups in total. The summed E-state index contributed by atoms with van der Waals surface area (Å²) < 4.78 is 21.0. The van der Waals surface area contributed by atoms with Gasteiger partial charge < -0.3 is 14.6 Å². The summed E-state index contributed by atoms with van der Waals surface area (Å²) in [5.74, 6) is -0.0418. The molecule has 2 aromatic heterocycles. The summed E-state index contributed by atoms with van der Waals surface area (Å²) in [6, 6.07) is 22.0. The van der Waals surface area contributed by atoms with Crippen LogP contribution in [0, 0.1) is 0 Å². The van der Waals surface area contributed by atoms with Crippen molar-refractivity contribution >= 4 is 35.6 Å². The highest BCUT2D eigenvalue weighted by Gasteiger charge is 2.25. The van der Waals surface area contributed by atoms with Crippen molar-refractivity contribution in [3.8, 4) is 22.6 Å². The minimum Gasteiger partial charge on any atom is -0.495 e. The second-order valence-electron chi connectivity index (χ2n) is 10.0. The van der Waals surface area contributed by atoms with Gasteiger partial charge in [0.05, 0.1) is 19.0 Å². The molecule has 214 valence electrons. The van der Waals surface area contributed by atoms with Gasteiger partial charge in [0.2, 0.25) is 5.91 Å². The van der Waals surface area contributed by atoms with E-state index in [1.165, 1.54) is 34.9 Å². The number of ether oxygens (including phenoxy) is 1. The van der Waals surface area contributed by atoms with Gasteiger partial charge in [0, 0.05) is 39.6 Å². The summed E-state index contributed by atoms with van der Waals surface area (Å²) in [5, 5.41) is 15.5. The third-order valence-corrected chi connectivity index (χ3v) is 8.55.